The van der Waals surface area contributed by atoms with E-state index in [-0.39, 0.29) is 11.1 Å². The minimum Gasteiger partial charge on any atom is -0.360 e. The van der Waals surface area contributed by atoms with Gasteiger partial charge in [-0.15, -0.1) is 0 Å². The zero-order valence-corrected chi connectivity index (χ0v) is 41.2. The number of amides is 4. The minimum atomic E-state index is -0.476. The quantitative estimate of drug-likeness (QED) is 0.149. The van der Waals surface area contributed by atoms with E-state index in [9.17, 15) is 19.2 Å². The molecule has 12 rings (SSSR count). The van der Waals surface area contributed by atoms with Gasteiger partial charge in [-0.05, 0) is 75.5 Å². The third-order valence-electron chi connectivity index (χ3n) is 13.9. The summed E-state index contributed by atoms with van der Waals surface area (Å²) in [5.74, 6) is -0.737. The molecule has 4 aromatic heterocycles. The van der Waals surface area contributed by atoms with Crippen LogP contribution in [0, 0.1) is 13.8 Å². The number of halogens is 2. The maximum atomic E-state index is 13.3. The van der Waals surface area contributed by atoms with Crippen LogP contribution in [0.1, 0.15) is 33.6 Å². The molecule has 2 saturated heterocycles. The number of aromatic amines is 1. The van der Waals surface area contributed by atoms with E-state index in [2.05, 4.69) is 49.3 Å². The molecular weight excluding hydrogens is 940 g/mol. The zero-order chi connectivity index (χ0) is 49.4. The van der Waals surface area contributed by atoms with Gasteiger partial charge in [0.2, 0.25) is 11.9 Å². The van der Waals surface area contributed by atoms with E-state index < -0.39 is 23.6 Å². The molecule has 16 nitrogen and oxygen atoms in total. The highest BCUT2D eigenvalue weighted by Crippen LogP contribution is 2.41. The number of anilines is 2. The summed E-state index contributed by atoms with van der Waals surface area (Å²) in [7, 11) is 6.11. The number of para-hydroxylation sites is 2. The predicted octanol–water partition coefficient (Wildman–Crippen LogP) is 6.79. The molecule has 4 aliphatic rings. The summed E-state index contributed by atoms with van der Waals surface area (Å²) in [5.41, 5.74) is 8.72. The Balaban J connectivity index is 0.000000154. The van der Waals surface area contributed by atoms with Gasteiger partial charge in [0.1, 0.15) is 0 Å². The number of fused-ring (bicyclic) bond motifs is 4. The fourth-order valence-electron chi connectivity index (χ4n) is 10.1. The molecule has 358 valence electrons. The Bertz CT molecular complexity index is 3660. The van der Waals surface area contributed by atoms with Crippen molar-refractivity contribution in [3.8, 4) is 0 Å². The highest BCUT2D eigenvalue weighted by atomic mass is 35.5. The van der Waals surface area contributed by atoms with E-state index >= 15 is 0 Å². The maximum Gasteiger partial charge on any atom is 0.261 e. The van der Waals surface area contributed by atoms with Crippen molar-refractivity contribution in [3.63, 3.8) is 0 Å². The van der Waals surface area contributed by atoms with Crippen molar-refractivity contribution >= 4 is 125 Å². The van der Waals surface area contributed by atoms with Crippen LogP contribution in [0.15, 0.2) is 85.2 Å². The van der Waals surface area contributed by atoms with Gasteiger partial charge in [0, 0.05) is 120 Å². The van der Waals surface area contributed by atoms with Gasteiger partial charge in [-0.3, -0.25) is 29.8 Å². The molecule has 4 amide bonds. The number of aryl methyl sites for hydroxylation is 3. The lowest BCUT2D eigenvalue weighted by Gasteiger charge is -2.32. The van der Waals surface area contributed by atoms with Crippen LogP contribution >= 0.6 is 23.2 Å². The predicted molar refractivity (Wildman–Crippen MR) is 279 cm³/mol. The Kier molecular flexibility index (Phi) is 11.7. The van der Waals surface area contributed by atoms with Crippen LogP contribution in [-0.2, 0) is 26.2 Å². The lowest BCUT2D eigenvalue weighted by atomic mass is 9.96. The number of imide groups is 2. The van der Waals surface area contributed by atoms with E-state index in [4.69, 9.17) is 43.1 Å². The number of nitrogens with zero attached hydrogens (tertiary/aromatic N) is 9. The number of likely N-dealkylation sites (N-methyl/N-ethyl adjacent to an activating group) is 2. The van der Waals surface area contributed by atoms with Gasteiger partial charge >= 0.3 is 0 Å². The fourth-order valence-corrected chi connectivity index (χ4v) is 10.5. The average Bonchev–Trinajstić information content (AvgIpc) is 4.09. The van der Waals surface area contributed by atoms with E-state index in [1.807, 2.05) is 80.2 Å². The number of nitrogens with one attached hydrogen (secondary N) is 3. The van der Waals surface area contributed by atoms with Gasteiger partial charge in [-0.2, -0.15) is 0 Å². The van der Waals surface area contributed by atoms with Gasteiger partial charge in [-0.1, -0.05) is 59.6 Å². The highest BCUT2D eigenvalue weighted by molar-refractivity contribution is 6.51. The second kappa shape index (κ2) is 18.0. The van der Waals surface area contributed by atoms with Crippen molar-refractivity contribution < 1.29 is 19.2 Å². The number of hydrogen-bond donors (Lipinski definition) is 3. The molecule has 0 bridgehead atoms. The monoisotopic (exact) mass is 986 g/mol. The standard InChI is InChI=1S/C27H25ClN6O2.C26H23ClN6O2/c1-15-5-4-6-17-19(14-33(3)24(15)17)21-22(26(36)31-25(21)35)23-18-13-16(28)7-8-20(18)29-27(30-23)34-11-9-32(2)10-12-34;1-14-4-3-5-16-18(13-28-22(14)16)20-21(25(35)31-24(20)34)23-17-12-15(27)6-7-19(17)29-26(30-23)33-10-8-32(2)9-11-33/h4-8,13-14H,9-12H2,1-3H3,(H,31,35,36);3-7,12-13,28H,8-11H2,1-2H3,(H,31,34,35). The SMILES string of the molecule is Cc1cccc2c(C3=C(c4nc(N5CCN(C)CC5)nc5ccc(Cl)cc45)C(=O)NC3=O)c[nH]c12.Cc1cccc2c(C3=C(c4nc(N5CCN(C)CC5)nc5ccc(Cl)cc45)C(=O)NC3=O)cn(C)c12. The Hall–Kier alpha value is -7.50. The summed E-state index contributed by atoms with van der Waals surface area (Å²) in [5, 5.41) is 9.05. The average molecular weight is 988 g/mol. The van der Waals surface area contributed by atoms with Crippen LogP contribution in [0.5, 0.6) is 0 Å². The van der Waals surface area contributed by atoms with Gasteiger partial charge in [0.15, 0.2) is 0 Å². The highest BCUT2D eigenvalue weighted by Gasteiger charge is 2.38. The summed E-state index contributed by atoms with van der Waals surface area (Å²) in [6, 6.07) is 22.6. The Morgan fingerprint density at radius 3 is 1.49 bits per heavy atom. The van der Waals surface area contributed by atoms with E-state index in [1.54, 1.807) is 30.5 Å². The number of rotatable bonds is 6. The molecule has 71 heavy (non-hydrogen) atoms. The van der Waals surface area contributed by atoms with Crippen LogP contribution in [0.3, 0.4) is 0 Å². The molecule has 0 unspecified atom stereocenters. The van der Waals surface area contributed by atoms with E-state index in [1.165, 1.54) is 0 Å². The lowest BCUT2D eigenvalue weighted by Crippen LogP contribution is -2.45. The van der Waals surface area contributed by atoms with Crippen molar-refractivity contribution in [2.24, 2.45) is 7.05 Å². The summed E-state index contributed by atoms with van der Waals surface area (Å²) in [6.45, 7) is 10.7. The largest absolute Gasteiger partial charge is 0.360 e. The van der Waals surface area contributed by atoms with Crippen molar-refractivity contribution in [1.29, 1.82) is 0 Å². The molecule has 18 heteroatoms. The molecular formula is C53H48Cl2N12O4. The number of aromatic nitrogens is 6. The number of hydrogen-bond acceptors (Lipinski definition) is 12. The normalized spacial score (nSPS) is 17.1. The number of piperazine rings is 2. The van der Waals surface area contributed by atoms with Crippen molar-refractivity contribution in [3.05, 3.63) is 129 Å². The zero-order valence-electron chi connectivity index (χ0n) is 39.7. The number of H-pyrrole nitrogens is 1. The van der Waals surface area contributed by atoms with Gasteiger partial charge in [0.05, 0.1) is 50.2 Å². The Labute approximate surface area is 417 Å². The van der Waals surface area contributed by atoms with Gasteiger partial charge < -0.3 is 29.2 Å². The first-order chi connectivity index (χ1) is 34.2. The third kappa shape index (κ3) is 8.15. The molecule has 0 spiro atoms. The molecule has 0 atom stereocenters. The Morgan fingerprint density at radius 1 is 0.507 bits per heavy atom. The Morgan fingerprint density at radius 2 is 0.972 bits per heavy atom. The third-order valence-corrected chi connectivity index (χ3v) is 14.3. The number of carbonyl (C=O) groups excluding carboxylic acids is 4. The van der Waals surface area contributed by atoms with E-state index in [0.29, 0.717) is 77.4 Å². The summed E-state index contributed by atoms with van der Waals surface area (Å²) >= 11 is 12.7. The molecule has 4 aliphatic heterocycles. The van der Waals surface area contributed by atoms with E-state index in [0.717, 1.165) is 85.3 Å². The molecule has 0 aliphatic carbocycles. The molecule has 0 saturated carbocycles. The van der Waals surface area contributed by atoms with Crippen LogP contribution in [0.4, 0.5) is 11.9 Å². The first kappa shape index (κ1) is 45.9. The molecule has 4 aromatic carbocycles. The number of carbonyl (C=O) groups is 4. The lowest BCUT2D eigenvalue weighted by molar-refractivity contribution is -0.124. The van der Waals surface area contributed by atoms with Crippen LogP contribution < -0.4 is 20.4 Å². The minimum absolute atomic E-state index is 0.238. The van der Waals surface area contributed by atoms with Crippen molar-refractivity contribution in [2.75, 3.05) is 76.3 Å². The summed E-state index contributed by atoms with van der Waals surface area (Å²) in [6.07, 6.45) is 3.69. The second-order valence-electron chi connectivity index (χ2n) is 18.5. The second-order valence-corrected chi connectivity index (χ2v) is 19.4. The maximum absolute atomic E-state index is 13.3. The molecule has 0 radical (unpaired) electrons. The summed E-state index contributed by atoms with van der Waals surface area (Å²) in [4.78, 5) is 84.3. The molecule has 8 heterocycles. The van der Waals surface area contributed by atoms with Gasteiger partial charge in [0.25, 0.3) is 23.6 Å². The van der Waals surface area contributed by atoms with Crippen molar-refractivity contribution in [2.45, 2.75) is 13.8 Å². The van der Waals surface area contributed by atoms with Crippen LogP contribution in [-0.4, -0.2) is 129 Å². The summed E-state index contributed by atoms with van der Waals surface area (Å²) < 4.78 is 1.99. The first-order valence-electron chi connectivity index (χ1n) is 23.4. The van der Waals surface area contributed by atoms with Gasteiger partial charge in [-0.25, -0.2) is 19.9 Å². The smallest absolute Gasteiger partial charge is 0.261 e. The fraction of sp³-hybridized carbons (Fsp3) is 0.245. The van der Waals surface area contributed by atoms with Crippen LogP contribution in [0.25, 0.3) is 65.9 Å². The first-order valence-corrected chi connectivity index (χ1v) is 24.1. The number of benzene rings is 4. The molecule has 2 fully saturated rings. The van der Waals surface area contributed by atoms with Crippen LogP contribution in [0.2, 0.25) is 10.0 Å². The topological polar surface area (TPSA) is 178 Å². The molecule has 8 aromatic rings. The molecule has 3 N–H and O–H groups in total. The van der Waals surface area contributed by atoms with Crippen molar-refractivity contribution in [1.82, 2.24) is 49.9 Å².